The van der Waals surface area contributed by atoms with Crippen LogP contribution in [-0.2, 0) is 14.8 Å². The van der Waals surface area contributed by atoms with E-state index >= 15 is 0 Å². The van der Waals surface area contributed by atoms with E-state index in [1.54, 1.807) is 0 Å². The van der Waals surface area contributed by atoms with Gasteiger partial charge in [-0.25, -0.2) is 13.1 Å². The maximum absolute atomic E-state index is 11.9. The van der Waals surface area contributed by atoms with Crippen LogP contribution < -0.4 is 4.72 Å². The molecule has 1 aromatic rings. The summed E-state index contributed by atoms with van der Waals surface area (Å²) in [6.45, 7) is 0.315. The fraction of sp³-hybridized carbons (Fsp3) is 0.500. The van der Waals surface area contributed by atoms with Crippen LogP contribution in [0, 0.1) is 11.3 Å². The highest BCUT2D eigenvalue weighted by atomic mass is 32.2. The van der Waals surface area contributed by atoms with Gasteiger partial charge in [0, 0.05) is 13.0 Å². The quantitative estimate of drug-likeness (QED) is 0.677. The summed E-state index contributed by atoms with van der Waals surface area (Å²) in [6.07, 6.45) is 2.97. The van der Waals surface area contributed by atoms with Crippen molar-refractivity contribution < 1.29 is 18.3 Å². The zero-order valence-corrected chi connectivity index (χ0v) is 12.5. The highest BCUT2D eigenvalue weighted by Gasteiger charge is 2.15. The van der Waals surface area contributed by atoms with Crippen molar-refractivity contribution in [2.45, 2.75) is 36.3 Å². The number of thiophene rings is 1. The van der Waals surface area contributed by atoms with Gasteiger partial charge in [-0.05, 0) is 25.0 Å². The number of hydrogen-bond donors (Lipinski definition) is 2. The van der Waals surface area contributed by atoms with Crippen molar-refractivity contribution in [2.24, 2.45) is 0 Å². The Labute approximate surface area is 122 Å². The van der Waals surface area contributed by atoms with Crippen LogP contribution in [0.25, 0.3) is 0 Å². The maximum Gasteiger partial charge on any atom is 0.303 e. The second kappa shape index (κ2) is 7.99. The highest BCUT2D eigenvalue weighted by molar-refractivity contribution is 7.91. The molecular formula is C12H16N2O4S2. The van der Waals surface area contributed by atoms with E-state index in [-0.39, 0.29) is 10.6 Å². The monoisotopic (exact) mass is 316 g/mol. The van der Waals surface area contributed by atoms with Crippen molar-refractivity contribution >= 4 is 27.3 Å². The summed E-state index contributed by atoms with van der Waals surface area (Å²) in [7, 11) is -3.53. The Morgan fingerprint density at radius 2 is 2.00 bits per heavy atom. The fourth-order valence-corrected chi connectivity index (χ4v) is 3.78. The Balaban J connectivity index is 2.27. The minimum atomic E-state index is -3.53. The molecule has 2 N–H and O–H groups in total. The lowest BCUT2D eigenvalue weighted by Gasteiger charge is -2.04. The van der Waals surface area contributed by atoms with Gasteiger partial charge in [-0.15, -0.1) is 11.3 Å². The Kier molecular flexibility index (Phi) is 6.64. The van der Waals surface area contributed by atoms with Gasteiger partial charge in [-0.3, -0.25) is 4.79 Å². The standard InChI is InChI=1S/C12H16N2O4S2/c13-9-10-6-7-12(19-10)20(17,18)14-8-4-2-1-3-5-11(15)16/h6-7,14H,1-5,8H2,(H,15,16). The van der Waals surface area contributed by atoms with Gasteiger partial charge in [0.15, 0.2) is 0 Å². The number of unbranched alkanes of at least 4 members (excludes halogenated alkanes) is 3. The van der Waals surface area contributed by atoms with Gasteiger partial charge in [0.1, 0.15) is 15.2 Å². The van der Waals surface area contributed by atoms with E-state index in [9.17, 15) is 13.2 Å². The van der Waals surface area contributed by atoms with Crippen molar-refractivity contribution in [1.29, 1.82) is 5.26 Å². The number of sulfonamides is 1. The van der Waals surface area contributed by atoms with Crippen LogP contribution in [0.3, 0.4) is 0 Å². The minimum Gasteiger partial charge on any atom is -0.481 e. The molecule has 20 heavy (non-hydrogen) atoms. The van der Waals surface area contributed by atoms with E-state index in [0.717, 1.165) is 24.2 Å². The molecule has 0 aliphatic heterocycles. The normalized spacial score (nSPS) is 11.2. The van der Waals surface area contributed by atoms with Crippen LogP contribution in [0.4, 0.5) is 0 Å². The lowest BCUT2D eigenvalue weighted by Crippen LogP contribution is -2.23. The lowest BCUT2D eigenvalue weighted by molar-refractivity contribution is -0.137. The molecule has 1 rings (SSSR count). The van der Waals surface area contributed by atoms with E-state index in [1.165, 1.54) is 12.1 Å². The molecule has 6 nitrogen and oxygen atoms in total. The van der Waals surface area contributed by atoms with Crippen molar-refractivity contribution in [3.63, 3.8) is 0 Å². The SMILES string of the molecule is N#Cc1ccc(S(=O)(=O)NCCCCCCC(=O)O)s1. The van der Waals surface area contributed by atoms with Gasteiger partial charge in [-0.1, -0.05) is 12.8 Å². The number of aliphatic carboxylic acids is 1. The average Bonchev–Trinajstić information content (AvgIpc) is 2.86. The Morgan fingerprint density at radius 1 is 1.30 bits per heavy atom. The first kappa shape index (κ1) is 16.6. The molecule has 0 amide bonds. The zero-order valence-electron chi connectivity index (χ0n) is 10.8. The van der Waals surface area contributed by atoms with E-state index in [0.29, 0.717) is 24.3 Å². The van der Waals surface area contributed by atoms with Gasteiger partial charge < -0.3 is 5.11 Å². The molecule has 1 heterocycles. The summed E-state index contributed by atoms with van der Waals surface area (Å²) in [5.41, 5.74) is 0. The maximum atomic E-state index is 11.9. The Hall–Kier alpha value is -1.43. The third-order valence-corrected chi connectivity index (χ3v) is 5.51. The van der Waals surface area contributed by atoms with Gasteiger partial charge in [0.05, 0.1) is 0 Å². The average molecular weight is 316 g/mol. The number of hydrogen-bond acceptors (Lipinski definition) is 5. The fourth-order valence-electron chi connectivity index (χ4n) is 1.56. The van der Waals surface area contributed by atoms with Crippen LogP contribution in [0.1, 0.15) is 37.0 Å². The van der Waals surface area contributed by atoms with Gasteiger partial charge in [0.2, 0.25) is 10.0 Å². The first-order chi connectivity index (χ1) is 9.45. The minimum absolute atomic E-state index is 0.139. The van der Waals surface area contributed by atoms with E-state index in [1.807, 2.05) is 6.07 Å². The predicted molar refractivity (Wildman–Crippen MR) is 74.9 cm³/mol. The van der Waals surface area contributed by atoms with E-state index in [4.69, 9.17) is 10.4 Å². The second-order valence-corrected chi connectivity index (χ2v) is 7.26. The van der Waals surface area contributed by atoms with Gasteiger partial charge in [-0.2, -0.15) is 5.26 Å². The number of nitriles is 1. The molecule has 8 heteroatoms. The second-order valence-electron chi connectivity index (χ2n) is 4.19. The molecule has 0 fully saturated rings. The van der Waals surface area contributed by atoms with Crippen LogP contribution in [0.5, 0.6) is 0 Å². The summed E-state index contributed by atoms with van der Waals surface area (Å²) in [5.74, 6) is -0.809. The number of carbonyl (C=O) groups is 1. The van der Waals surface area contributed by atoms with Crippen LogP contribution in [0.15, 0.2) is 16.3 Å². The molecule has 0 radical (unpaired) electrons. The van der Waals surface area contributed by atoms with Crippen LogP contribution in [0.2, 0.25) is 0 Å². The topological polar surface area (TPSA) is 107 Å². The molecule has 0 bridgehead atoms. The molecule has 0 aliphatic rings. The molecule has 0 unspecified atom stereocenters. The van der Waals surface area contributed by atoms with E-state index in [2.05, 4.69) is 4.72 Å². The first-order valence-electron chi connectivity index (χ1n) is 6.17. The van der Waals surface area contributed by atoms with Gasteiger partial charge >= 0.3 is 5.97 Å². The highest BCUT2D eigenvalue weighted by Crippen LogP contribution is 2.20. The molecule has 0 saturated heterocycles. The first-order valence-corrected chi connectivity index (χ1v) is 8.47. The zero-order chi connectivity index (χ0) is 15.0. The summed E-state index contributed by atoms with van der Waals surface area (Å²) in [4.78, 5) is 10.7. The number of nitrogens with zero attached hydrogens (tertiary/aromatic N) is 1. The Bertz CT molecular complexity index is 587. The third-order valence-electron chi connectivity index (χ3n) is 2.57. The van der Waals surface area contributed by atoms with Crippen LogP contribution in [-0.4, -0.2) is 26.0 Å². The molecule has 0 spiro atoms. The number of carboxylic acids is 1. The number of nitrogens with one attached hydrogen (secondary N) is 1. The summed E-state index contributed by atoms with van der Waals surface area (Å²) >= 11 is 0.938. The summed E-state index contributed by atoms with van der Waals surface area (Å²) in [5, 5.41) is 17.1. The third kappa shape index (κ3) is 5.69. The molecule has 0 atom stereocenters. The van der Waals surface area contributed by atoms with Crippen molar-refractivity contribution in [3.8, 4) is 6.07 Å². The predicted octanol–water partition coefficient (Wildman–Crippen LogP) is 1.93. The number of carboxylic acid groups (broad SMARTS) is 1. The van der Waals surface area contributed by atoms with Crippen molar-refractivity contribution in [3.05, 3.63) is 17.0 Å². The largest absolute Gasteiger partial charge is 0.481 e. The Morgan fingerprint density at radius 3 is 2.60 bits per heavy atom. The molecule has 1 aromatic heterocycles. The summed E-state index contributed by atoms with van der Waals surface area (Å²) < 4.78 is 26.3. The lowest BCUT2D eigenvalue weighted by atomic mass is 10.1. The molecule has 0 aliphatic carbocycles. The van der Waals surface area contributed by atoms with Gasteiger partial charge in [0.25, 0.3) is 0 Å². The molecule has 110 valence electrons. The smallest absolute Gasteiger partial charge is 0.303 e. The molecule has 0 saturated carbocycles. The van der Waals surface area contributed by atoms with Crippen LogP contribution >= 0.6 is 11.3 Å². The van der Waals surface area contributed by atoms with E-state index < -0.39 is 16.0 Å². The van der Waals surface area contributed by atoms with Crippen molar-refractivity contribution in [2.75, 3.05) is 6.54 Å². The summed E-state index contributed by atoms with van der Waals surface area (Å²) in [6, 6.07) is 4.79. The number of rotatable bonds is 9. The molecular weight excluding hydrogens is 300 g/mol. The van der Waals surface area contributed by atoms with Crippen molar-refractivity contribution in [1.82, 2.24) is 4.72 Å². The molecule has 0 aromatic carbocycles.